The van der Waals surface area contributed by atoms with Crippen molar-refractivity contribution >= 4 is 23.2 Å². The van der Waals surface area contributed by atoms with E-state index in [9.17, 15) is 9.90 Å². The molecule has 0 unspecified atom stereocenters. The number of carbonyl (C=O) groups is 1. The highest BCUT2D eigenvalue weighted by Crippen LogP contribution is 2.36. The van der Waals surface area contributed by atoms with E-state index < -0.39 is 0 Å². The van der Waals surface area contributed by atoms with Crippen molar-refractivity contribution in [2.45, 2.75) is 12.5 Å². The fraction of sp³-hybridized carbons (Fsp3) is 0.0909. The van der Waals surface area contributed by atoms with Gasteiger partial charge in [0.1, 0.15) is 5.75 Å². The van der Waals surface area contributed by atoms with Gasteiger partial charge in [-0.1, -0.05) is 66.2 Å². The Balaban J connectivity index is 1.77. The SMILES string of the molecule is O=C(c1ccccc1Cl)N1N=C(c2ccccc2O)C[C@@H]1c1ccccc1. The van der Waals surface area contributed by atoms with E-state index >= 15 is 0 Å². The molecular weight excluding hydrogens is 360 g/mol. The van der Waals surface area contributed by atoms with Crippen LogP contribution in [-0.4, -0.2) is 21.7 Å². The molecule has 134 valence electrons. The number of para-hydroxylation sites is 1. The van der Waals surface area contributed by atoms with Crippen molar-refractivity contribution in [2.24, 2.45) is 5.10 Å². The number of carbonyl (C=O) groups excluding carboxylic acids is 1. The smallest absolute Gasteiger partial charge is 0.276 e. The summed E-state index contributed by atoms with van der Waals surface area (Å²) in [7, 11) is 0. The largest absolute Gasteiger partial charge is 0.507 e. The molecule has 0 spiro atoms. The van der Waals surface area contributed by atoms with Crippen LogP contribution in [0.15, 0.2) is 84.0 Å². The molecule has 1 heterocycles. The highest BCUT2D eigenvalue weighted by Gasteiger charge is 2.34. The van der Waals surface area contributed by atoms with E-state index in [4.69, 9.17) is 11.6 Å². The maximum atomic E-state index is 13.2. The third-order valence-corrected chi connectivity index (χ3v) is 4.95. The second-order valence-electron chi connectivity index (χ2n) is 6.32. The molecule has 27 heavy (non-hydrogen) atoms. The Kier molecular flexibility index (Phi) is 4.65. The molecule has 0 fully saturated rings. The van der Waals surface area contributed by atoms with Crippen LogP contribution in [0.3, 0.4) is 0 Å². The Labute approximate surface area is 162 Å². The number of phenols is 1. The Morgan fingerprint density at radius 3 is 2.37 bits per heavy atom. The van der Waals surface area contributed by atoms with Gasteiger partial charge < -0.3 is 5.11 Å². The van der Waals surface area contributed by atoms with E-state index in [1.165, 1.54) is 5.01 Å². The summed E-state index contributed by atoms with van der Waals surface area (Å²) in [4.78, 5) is 13.2. The average molecular weight is 377 g/mol. The van der Waals surface area contributed by atoms with Crippen molar-refractivity contribution in [3.8, 4) is 5.75 Å². The highest BCUT2D eigenvalue weighted by atomic mass is 35.5. The fourth-order valence-corrected chi connectivity index (χ4v) is 3.49. The van der Waals surface area contributed by atoms with Gasteiger partial charge >= 0.3 is 0 Å². The van der Waals surface area contributed by atoms with Gasteiger partial charge in [0, 0.05) is 12.0 Å². The molecular formula is C22H17ClN2O2. The summed E-state index contributed by atoms with van der Waals surface area (Å²) in [6, 6.07) is 23.5. The molecule has 1 N–H and O–H groups in total. The molecule has 4 rings (SSSR count). The normalized spacial score (nSPS) is 16.3. The molecule has 5 heteroatoms. The molecule has 0 saturated heterocycles. The van der Waals surface area contributed by atoms with Crippen LogP contribution in [0.4, 0.5) is 0 Å². The Hall–Kier alpha value is -3.11. The van der Waals surface area contributed by atoms with Crippen LogP contribution in [-0.2, 0) is 0 Å². The molecule has 3 aromatic carbocycles. The maximum Gasteiger partial charge on any atom is 0.276 e. The first kappa shape index (κ1) is 17.3. The number of hydrogen-bond acceptors (Lipinski definition) is 3. The predicted octanol–water partition coefficient (Wildman–Crippen LogP) is 5.04. The number of hydrazone groups is 1. The second kappa shape index (κ2) is 7.25. The van der Waals surface area contributed by atoms with Gasteiger partial charge in [-0.15, -0.1) is 0 Å². The van der Waals surface area contributed by atoms with Gasteiger partial charge in [0.05, 0.1) is 22.3 Å². The van der Waals surface area contributed by atoms with Gasteiger partial charge in [0.2, 0.25) is 0 Å². The summed E-state index contributed by atoms with van der Waals surface area (Å²) in [5.41, 5.74) is 2.68. The highest BCUT2D eigenvalue weighted by molar-refractivity contribution is 6.33. The molecule has 0 aromatic heterocycles. The van der Waals surface area contributed by atoms with E-state index in [1.807, 2.05) is 36.4 Å². The maximum absolute atomic E-state index is 13.2. The average Bonchev–Trinajstić information content (AvgIpc) is 3.14. The number of benzene rings is 3. The van der Waals surface area contributed by atoms with Crippen LogP contribution in [0, 0.1) is 0 Å². The second-order valence-corrected chi connectivity index (χ2v) is 6.73. The number of rotatable bonds is 3. The topological polar surface area (TPSA) is 52.9 Å². The summed E-state index contributed by atoms with van der Waals surface area (Å²) in [6.07, 6.45) is 0.512. The number of amides is 1. The Morgan fingerprint density at radius 2 is 1.63 bits per heavy atom. The molecule has 0 radical (unpaired) electrons. The van der Waals surface area contributed by atoms with Crippen molar-refractivity contribution in [1.82, 2.24) is 5.01 Å². The van der Waals surface area contributed by atoms with Gasteiger partial charge in [0.15, 0.2) is 0 Å². The van der Waals surface area contributed by atoms with Gasteiger partial charge in [-0.25, -0.2) is 5.01 Å². The Bertz CT molecular complexity index is 1020. The molecule has 0 aliphatic carbocycles. The minimum atomic E-state index is -0.264. The quantitative estimate of drug-likeness (QED) is 0.696. The number of nitrogens with zero attached hydrogens (tertiary/aromatic N) is 2. The Morgan fingerprint density at radius 1 is 0.963 bits per heavy atom. The van der Waals surface area contributed by atoms with Crippen LogP contribution >= 0.6 is 11.6 Å². The number of aromatic hydroxyl groups is 1. The lowest BCUT2D eigenvalue weighted by molar-refractivity contribution is 0.0711. The summed E-state index contributed by atoms with van der Waals surface area (Å²) in [5.74, 6) is -0.116. The molecule has 1 aliphatic rings. The van der Waals surface area contributed by atoms with E-state index in [-0.39, 0.29) is 17.7 Å². The van der Waals surface area contributed by atoms with Gasteiger partial charge in [0.25, 0.3) is 5.91 Å². The van der Waals surface area contributed by atoms with Crippen LogP contribution in [0.25, 0.3) is 0 Å². The third kappa shape index (κ3) is 3.32. The van der Waals surface area contributed by atoms with Crippen LogP contribution in [0.1, 0.15) is 33.9 Å². The molecule has 1 aliphatic heterocycles. The summed E-state index contributed by atoms with van der Waals surface area (Å²) in [5, 5.41) is 16.6. The van der Waals surface area contributed by atoms with E-state index in [0.717, 1.165) is 5.56 Å². The predicted molar refractivity (Wildman–Crippen MR) is 106 cm³/mol. The van der Waals surface area contributed by atoms with Crippen molar-refractivity contribution in [1.29, 1.82) is 0 Å². The lowest BCUT2D eigenvalue weighted by Crippen LogP contribution is -2.27. The van der Waals surface area contributed by atoms with E-state index in [0.29, 0.717) is 28.3 Å². The third-order valence-electron chi connectivity index (χ3n) is 4.62. The van der Waals surface area contributed by atoms with E-state index in [2.05, 4.69) is 5.10 Å². The molecule has 4 nitrogen and oxygen atoms in total. The zero-order valence-electron chi connectivity index (χ0n) is 14.4. The van der Waals surface area contributed by atoms with Crippen LogP contribution in [0.2, 0.25) is 5.02 Å². The molecule has 0 saturated carbocycles. The van der Waals surface area contributed by atoms with Gasteiger partial charge in [-0.05, 0) is 29.8 Å². The summed E-state index contributed by atoms with van der Waals surface area (Å²) in [6.45, 7) is 0. The molecule has 1 atom stereocenters. The molecule has 1 amide bonds. The van der Waals surface area contributed by atoms with E-state index in [1.54, 1.807) is 42.5 Å². The first-order chi connectivity index (χ1) is 13.1. The van der Waals surface area contributed by atoms with Crippen molar-refractivity contribution in [2.75, 3.05) is 0 Å². The van der Waals surface area contributed by atoms with Crippen molar-refractivity contribution in [3.63, 3.8) is 0 Å². The zero-order valence-corrected chi connectivity index (χ0v) is 15.2. The van der Waals surface area contributed by atoms with Crippen LogP contribution < -0.4 is 0 Å². The zero-order chi connectivity index (χ0) is 18.8. The van der Waals surface area contributed by atoms with Gasteiger partial charge in [-0.2, -0.15) is 5.10 Å². The lowest BCUT2D eigenvalue weighted by atomic mass is 9.97. The monoisotopic (exact) mass is 376 g/mol. The summed E-state index contributed by atoms with van der Waals surface area (Å²) >= 11 is 6.23. The number of hydrogen-bond donors (Lipinski definition) is 1. The summed E-state index contributed by atoms with van der Waals surface area (Å²) < 4.78 is 0. The van der Waals surface area contributed by atoms with Crippen molar-refractivity contribution < 1.29 is 9.90 Å². The van der Waals surface area contributed by atoms with Crippen LogP contribution in [0.5, 0.6) is 5.75 Å². The minimum Gasteiger partial charge on any atom is -0.507 e. The first-order valence-electron chi connectivity index (χ1n) is 8.64. The first-order valence-corrected chi connectivity index (χ1v) is 9.02. The standard InChI is InChI=1S/C22H17ClN2O2/c23-18-12-6-4-10-16(18)22(27)25-20(15-8-2-1-3-9-15)14-19(24-25)17-11-5-7-13-21(17)26/h1-13,20,26H,14H2/t20-/m1/s1. The number of phenolic OH excluding ortho intramolecular Hbond substituents is 1. The molecule has 3 aromatic rings. The van der Waals surface area contributed by atoms with Gasteiger partial charge in [-0.3, -0.25) is 4.79 Å². The minimum absolute atomic E-state index is 0.148. The lowest BCUT2D eigenvalue weighted by Gasteiger charge is -2.22. The number of halogens is 1. The van der Waals surface area contributed by atoms with Crippen molar-refractivity contribution in [3.05, 3.63) is 101 Å². The fourth-order valence-electron chi connectivity index (χ4n) is 3.27. The molecule has 0 bridgehead atoms.